The summed E-state index contributed by atoms with van der Waals surface area (Å²) in [4.78, 5) is 0. The molecule has 0 amide bonds. The highest BCUT2D eigenvalue weighted by molar-refractivity contribution is 6.58. The van der Waals surface area contributed by atoms with Crippen molar-refractivity contribution in [3.05, 3.63) is 42.2 Å². The molecule has 0 fully saturated rings. The SMILES string of the molecule is C=Cc1oc2cc(B(O)O)ccc2c1/C=C\C. The van der Waals surface area contributed by atoms with Gasteiger partial charge in [0.2, 0.25) is 0 Å². The van der Waals surface area contributed by atoms with E-state index in [1.165, 1.54) is 0 Å². The minimum absolute atomic E-state index is 0.411. The molecular weight excluding hydrogens is 215 g/mol. The van der Waals surface area contributed by atoms with E-state index in [0.717, 1.165) is 10.9 Å². The molecule has 1 aromatic heterocycles. The molecule has 4 heteroatoms. The fourth-order valence-electron chi connectivity index (χ4n) is 1.80. The Labute approximate surface area is 99.8 Å². The minimum atomic E-state index is -1.48. The maximum Gasteiger partial charge on any atom is 0.488 e. The van der Waals surface area contributed by atoms with Crippen molar-refractivity contribution in [1.82, 2.24) is 0 Å². The van der Waals surface area contributed by atoms with Crippen molar-refractivity contribution in [2.45, 2.75) is 6.92 Å². The summed E-state index contributed by atoms with van der Waals surface area (Å²) in [6, 6.07) is 5.11. The molecule has 86 valence electrons. The Kier molecular flexibility index (Phi) is 3.18. The van der Waals surface area contributed by atoms with Crippen LogP contribution in [0.4, 0.5) is 0 Å². The van der Waals surface area contributed by atoms with Crippen LogP contribution in [-0.2, 0) is 0 Å². The molecule has 2 rings (SSSR count). The van der Waals surface area contributed by atoms with E-state index in [-0.39, 0.29) is 0 Å². The molecule has 0 bridgehead atoms. The fourth-order valence-corrected chi connectivity index (χ4v) is 1.80. The standard InChI is InChI=1S/C13H13BO3/c1-3-5-10-11-7-6-9(14(15)16)8-13(11)17-12(10)4-2/h3-8,15-16H,2H2,1H3/b5-3-. The second-order valence-electron chi connectivity index (χ2n) is 3.71. The summed E-state index contributed by atoms with van der Waals surface area (Å²) in [5, 5.41) is 19.1. The van der Waals surface area contributed by atoms with Crippen LogP contribution in [-0.4, -0.2) is 17.2 Å². The van der Waals surface area contributed by atoms with Gasteiger partial charge in [-0.1, -0.05) is 30.9 Å². The summed E-state index contributed by atoms with van der Waals surface area (Å²) in [6.07, 6.45) is 5.51. The molecule has 0 aliphatic carbocycles. The average molecular weight is 228 g/mol. The molecule has 0 saturated carbocycles. The Balaban J connectivity index is 2.69. The molecule has 0 spiro atoms. The van der Waals surface area contributed by atoms with Gasteiger partial charge in [0, 0.05) is 10.9 Å². The summed E-state index contributed by atoms with van der Waals surface area (Å²) < 4.78 is 5.60. The quantitative estimate of drug-likeness (QED) is 0.787. The number of allylic oxidation sites excluding steroid dienone is 1. The molecule has 0 radical (unpaired) electrons. The number of hydrogen-bond acceptors (Lipinski definition) is 3. The van der Waals surface area contributed by atoms with Gasteiger partial charge in [-0.3, -0.25) is 0 Å². The van der Waals surface area contributed by atoms with Gasteiger partial charge in [-0.25, -0.2) is 0 Å². The van der Waals surface area contributed by atoms with E-state index < -0.39 is 7.12 Å². The van der Waals surface area contributed by atoms with Gasteiger partial charge >= 0.3 is 7.12 Å². The number of rotatable bonds is 3. The first kappa shape index (κ1) is 11.7. The van der Waals surface area contributed by atoms with Crippen molar-refractivity contribution in [1.29, 1.82) is 0 Å². The predicted octanol–water partition coefficient (Wildman–Crippen LogP) is 1.79. The Hall–Kier alpha value is -1.78. The Morgan fingerprint density at radius 2 is 2.12 bits per heavy atom. The van der Waals surface area contributed by atoms with Crippen molar-refractivity contribution in [3.63, 3.8) is 0 Å². The highest BCUT2D eigenvalue weighted by atomic mass is 16.4. The zero-order valence-electron chi connectivity index (χ0n) is 9.55. The molecular formula is C13H13BO3. The second kappa shape index (κ2) is 4.61. The van der Waals surface area contributed by atoms with Crippen LogP contribution in [0.25, 0.3) is 23.1 Å². The third-order valence-electron chi connectivity index (χ3n) is 2.60. The first-order valence-electron chi connectivity index (χ1n) is 5.35. The average Bonchev–Trinajstić information content (AvgIpc) is 2.67. The Morgan fingerprint density at radius 3 is 2.71 bits per heavy atom. The van der Waals surface area contributed by atoms with Crippen LogP contribution < -0.4 is 5.46 Å². The van der Waals surface area contributed by atoms with Gasteiger partial charge in [-0.05, 0) is 24.5 Å². The van der Waals surface area contributed by atoms with Crippen molar-refractivity contribution in [3.8, 4) is 0 Å². The molecule has 2 N–H and O–H groups in total. The molecule has 2 aromatic rings. The summed E-state index contributed by atoms with van der Waals surface area (Å²) in [5.74, 6) is 0.683. The molecule has 0 aliphatic heterocycles. The van der Waals surface area contributed by atoms with E-state index in [0.29, 0.717) is 16.8 Å². The third-order valence-corrected chi connectivity index (χ3v) is 2.60. The lowest BCUT2D eigenvalue weighted by molar-refractivity contribution is 0.425. The number of furan rings is 1. The second-order valence-corrected chi connectivity index (χ2v) is 3.71. The van der Waals surface area contributed by atoms with E-state index in [1.807, 2.05) is 25.1 Å². The van der Waals surface area contributed by atoms with Crippen LogP contribution >= 0.6 is 0 Å². The fraction of sp³-hybridized carbons (Fsp3) is 0.0769. The normalized spacial score (nSPS) is 11.2. The molecule has 0 saturated heterocycles. The van der Waals surface area contributed by atoms with E-state index in [4.69, 9.17) is 14.5 Å². The van der Waals surface area contributed by atoms with Crippen molar-refractivity contribution >= 4 is 35.7 Å². The van der Waals surface area contributed by atoms with Gasteiger partial charge in [0.05, 0.1) is 0 Å². The first-order chi connectivity index (χ1) is 8.17. The van der Waals surface area contributed by atoms with Gasteiger partial charge in [0.25, 0.3) is 0 Å². The summed E-state index contributed by atoms with van der Waals surface area (Å²) >= 11 is 0. The van der Waals surface area contributed by atoms with Crippen LogP contribution in [0.2, 0.25) is 0 Å². The van der Waals surface area contributed by atoms with E-state index in [9.17, 15) is 0 Å². The zero-order chi connectivity index (χ0) is 12.4. The largest absolute Gasteiger partial charge is 0.488 e. The Bertz CT molecular complexity index is 582. The molecule has 0 aliphatic rings. The smallest absolute Gasteiger partial charge is 0.456 e. The van der Waals surface area contributed by atoms with Gasteiger partial charge in [0.15, 0.2) is 0 Å². The lowest BCUT2D eigenvalue weighted by Gasteiger charge is -1.97. The van der Waals surface area contributed by atoms with Crippen LogP contribution in [0.1, 0.15) is 18.2 Å². The number of hydrogen-bond donors (Lipinski definition) is 2. The summed E-state index contributed by atoms with van der Waals surface area (Å²) in [5.41, 5.74) is 1.99. The molecule has 3 nitrogen and oxygen atoms in total. The predicted molar refractivity (Wildman–Crippen MR) is 70.8 cm³/mol. The maximum atomic E-state index is 9.10. The van der Waals surface area contributed by atoms with E-state index >= 15 is 0 Å². The topological polar surface area (TPSA) is 53.6 Å². The highest BCUT2D eigenvalue weighted by Gasteiger charge is 2.15. The van der Waals surface area contributed by atoms with Crippen LogP contribution in [0.5, 0.6) is 0 Å². The summed E-state index contributed by atoms with van der Waals surface area (Å²) in [7, 11) is -1.48. The van der Waals surface area contributed by atoms with Crippen molar-refractivity contribution in [2.24, 2.45) is 0 Å². The highest BCUT2D eigenvalue weighted by Crippen LogP contribution is 2.27. The van der Waals surface area contributed by atoms with E-state index in [1.54, 1.807) is 18.2 Å². The van der Waals surface area contributed by atoms with Gasteiger partial charge in [-0.15, -0.1) is 0 Å². The van der Waals surface area contributed by atoms with Crippen LogP contribution in [0, 0.1) is 0 Å². The molecule has 1 heterocycles. The maximum absolute atomic E-state index is 9.10. The first-order valence-corrected chi connectivity index (χ1v) is 5.35. The Morgan fingerprint density at radius 1 is 1.35 bits per heavy atom. The summed E-state index contributed by atoms with van der Waals surface area (Å²) in [6.45, 7) is 5.63. The van der Waals surface area contributed by atoms with Gasteiger partial charge in [-0.2, -0.15) is 0 Å². The lowest BCUT2D eigenvalue weighted by Crippen LogP contribution is -2.29. The monoisotopic (exact) mass is 228 g/mol. The van der Waals surface area contributed by atoms with Gasteiger partial charge < -0.3 is 14.5 Å². The third kappa shape index (κ3) is 2.05. The zero-order valence-corrected chi connectivity index (χ0v) is 9.55. The number of fused-ring (bicyclic) bond motifs is 1. The molecule has 17 heavy (non-hydrogen) atoms. The number of benzene rings is 1. The van der Waals surface area contributed by atoms with Crippen molar-refractivity contribution < 1.29 is 14.5 Å². The molecule has 0 atom stereocenters. The molecule has 0 unspecified atom stereocenters. The van der Waals surface area contributed by atoms with Crippen LogP contribution in [0.15, 0.2) is 35.3 Å². The molecule has 1 aromatic carbocycles. The minimum Gasteiger partial charge on any atom is -0.456 e. The van der Waals surface area contributed by atoms with Crippen molar-refractivity contribution in [2.75, 3.05) is 0 Å². The van der Waals surface area contributed by atoms with E-state index in [2.05, 4.69) is 6.58 Å². The lowest BCUT2D eigenvalue weighted by atomic mass is 9.80. The van der Waals surface area contributed by atoms with Crippen LogP contribution in [0.3, 0.4) is 0 Å². The van der Waals surface area contributed by atoms with Gasteiger partial charge in [0.1, 0.15) is 11.3 Å².